The van der Waals surface area contributed by atoms with Crippen LogP contribution >= 0.6 is 15.9 Å². The summed E-state index contributed by atoms with van der Waals surface area (Å²) in [5.41, 5.74) is 0.584. The molecule has 0 spiro atoms. The van der Waals surface area contributed by atoms with Gasteiger partial charge in [0.25, 0.3) is 11.8 Å². The Labute approximate surface area is 418 Å². The minimum Gasteiger partial charge on any atom is -0.470 e. The number of nitrogens with zero attached hydrogens (tertiary/aromatic N) is 4. The van der Waals surface area contributed by atoms with Crippen LogP contribution in [0.1, 0.15) is 104 Å². The van der Waals surface area contributed by atoms with Crippen LogP contribution in [-0.2, 0) is 26.9 Å². The number of benzene rings is 2. The fourth-order valence-corrected chi connectivity index (χ4v) is 13.1. The molecule has 13 nitrogen and oxygen atoms in total. The maximum Gasteiger partial charge on any atom is 0.265 e. The van der Waals surface area contributed by atoms with Gasteiger partial charge in [0.05, 0.1) is 12.1 Å². The molecule has 4 aromatic rings. The summed E-state index contributed by atoms with van der Waals surface area (Å²) >= 11 is 3.73. The third-order valence-corrected chi connectivity index (χ3v) is 24.8. The zero-order chi connectivity index (χ0) is 50.6. The van der Waals surface area contributed by atoms with E-state index in [9.17, 15) is 14.4 Å². The van der Waals surface area contributed by atoms with Crippen molar-refractivity contribution in [1.82, 2.24) is 20.1 Å². The molecule has 0 saturated heterocycles. The monoisotopic (exact) mass is 1040 g/mol. The molecular weight excluding hydrogens is 973 g/mol. The minimum atomic E-state index is -2.58. The van der Waals surface area contributed by atoms with Gasteiger partial charge in [0, 0.05) is 16.7 Å². The quantitative estimate of drug-likeness (QED) is 0.0754. The van der Waals surface area contributed by atoms with Crippen molar-refractivity contribution in [1.29, 1.82) is 0 Å². The van der Waals surface area contributed by atoms with Crippen molar-refractivity contribution in [2.75, 3.05) is 28.2 Å². The normalized spacial score (nSPS) is 25.6. The number of hydrogen-bond acceptors (Lipinski definition) is 13. The predicted molar refractivity (Wildman–Crippen MR) is 275 cm³/mol. The first-order chi connectivity index (χ1) is 32.2. The Morgan fingerprint density at radius 1 is 0.667 bits per heavy atom. The van der Waals surface area contributed by atoms with Gasteiger partial charge in [0.1, 0.15) is 29.9 Å². The molecule has 69 heavy (non-hydrogen) atoms. The summed E-state index contributed by atoms with van der Waals surface area (Å²) in [6.45, 7) is 23.9. The molecule has 8 rings (SSSR count). The molecule has 2 aromatic heterocycles. The molecule has 7 atom stereocenters. The average molecular weight is 1040 g/mol. The highest BCUT2D eigenvalue weighted by atomic mass is 79.9. The summed E-state index contributed by atoms with van der Waals surface area (Å²) in [4.78, 5) is 46.4. The van der Waals surface area contributed by atoms with E-state index in [1.165, 1.54) is 6.08 Å². The highest BCUT2D eigenvalue weighted by Crippen LogP contribution is 2.57. The zero-order valence-corrected chi connectivity index (χ0v) is 46.4. The molecule has 0 N–H and O–H groups in total. The van der Waals surface area contributed by atoms with Gasteiger partial charge >= 0.3 is 0 Å². The summed E-state index contributed by atoms with van der Waals surface area (Å²) in [5.74, 6) is -0.440. The molecule has 0 aliphatic heterocycles. The first-order valence-corrected chi connectivity index (χ1v) is 30.3. The van der Waals surface area contributed by atoms with Crippen LogP contribution in [0, 0.1) is 11.8 Å². The maximum absolute atomic E-state index is 14.5. The van der Waals surface area contributed by atoms with E-state index in [4.69, 9.17) is 27.4 Å². The van der Waals surface area contributed by atoms with Gasteiger partial charge in [-0.1, -0.05) is 142 Å². The maximum atomic E-state index is 14.5. The van der Waals surface area contributed by atoms with E-state index in [1.807, 2.05) is 113 Å². The molecule has 0 unspecified atom stereocenters. The number of ether oxygens (including phenoxy) is 2. The number of halogens is 1. The molecule has 0 saturated carbocycles. The molecule has 2 heterocycles. The summed E-state index contributed by atoms with van der Waals surface area (Å²) < 4.78 is 37.6. The lowest BCUT2D eigenvalue weighted by Gasteiger charge is -2.53. The molecule has 4 aliphatic rings. The zero-order valence-electron chi connectivity index (χ0n) is 42.8. The van der Waals surface area contributed by atoms with E-state index in [1.54, 1.807) is 6.08 Å². The molecule has 0 bridgehead atoms. The number of rotatable bonds is 12. The summed E-state index contributed by atoms with van der Waals surface area (Å²) in [5, 5.41) is 8.08. The topological polar surface area (TPSA) is 147 Å². The number of carbonyl (C=O) groups excluding carboxylic acids is 3. The Morgan fingerprint density at radius 2 is 1.10 bits per heavy atom. The lowest BCUT2D eigenvalue weighted by Crippen LogP contribution is -2.67. The van der Waals surface area contributed by atoms with Gasteiger partial charge in [0.15, 0.2) is 39.5 Å². The third-order valence-electron chi connectivity index (χ3n) is 15.0. The van der Waals surface area contributed by atoms with E-state index < -0.39 is 45.6 Å². The van der Waals surface area contributed by atoms with Gasteiger partial charge in [-0.3, -0.25) is 24.2 Å². The molecule has 4 aliphatic carbocycles. The van der Waals surface area contributed by atoms with Gasteiger partial charge in [-0.25, -0.2) is 0 Å². The Balaban J connectivity index is 0.000000204. The standard InChI is InChI=1S/C27H36N2O4Si.C26H33BrN2O5Si/c1-18-13-12-16-20-22(29(5)6)23-21(24(30)27(18,20)33-34(7,8)26(2,3)4)25(28-32-23)31-17-19-14-10-9-11-15-19;1-25(2,3)35(6,7)34-26-18(30)14-13-17(27)20(26)21(29(4)5)22-19(23(26)31)24(28-33-22)32-15-16-11-9-8-10-12-16/h9-16,20,22H,17H2,1-8H3;8-14,17,20-21H,15H2,1-7H3/t20-,22-,27+;17-,20+,21+,26-/m01/s1. The highest BCUT2D eigenvalue weighted by Gasteiger charge is 2.67. The van der Waals surface area contributed by atoms with Crippen LogP contribution in [0.3, 0.4) is 0 Å². The van der Waals surface area contributed by atoms with E-state index >= 15 is 0 Å². The highest BCUT2D eigenvalue weighted by molar-refractivity contribution is 9.09. The van der Waals surface area contributed by atoms with Crippen LogP contribution in [0.2, 0.25) is 36.3 Å². The van der Waals surface area contributed by atoms with Crippen LogP contribution in [0.25, 0.3) is 0 Å². The fraction of sp³-hybridized carbons (Fsp3) is 0.491. The van der Waals surface area contributed by atoms with Gasteiger partial charge in [0.2, 0.25) is 11.6 Å². The smallest absolute Gasteiger partial charge is 0.265 e. The number of fused-ring (bicyclic) bond motifs is 4. The van der Waals surface area contributed by atoms with Gasteiger partial charge in [-0.15, -0.1) is 0 Å². The number of Topliss-reactive ketones (excluding diaryl/α,β-unsaturated/α-hetero) is 2. The van der Waals surface area contributed by atoms with Crippen molar-refractivity contribution in [2.24, 2.45) is 11.8 Å². The van der Waals surface area contributed by atoms with Gasteiger partial charge in [-0.2, -0.15) is 0 Å². The van der Waals surface area contributed by atoms with Crippen LogP contribution in [0.5, 0.6) is 11.8 Å². The number of allylic oxidation sites excluding steroid dienone is 3. The van der Waals surface area contributed by atoms with Gasteiger partial charge in [-0.05, 0) is 104 Å². The number of carbonyl (C=O) groups is 3. The van der Waals surface area contributed by atoms with Gasteiger partial charge < -0.3 is 27.4 Å². The van der Waals surface area contributed by atoms with Crippen LogP contribution < -0.4 is 9.47 Å². The molecule has 0 fully saturated rings. The molecule has 0 amide bonds. The molecular formula is C53H69BrN4O9Si2. The molecule has 370 valence electrons. The Morgan fingerprint density at radius 3 is 1.55 bits per heavy atom. The molecule has 0 radical (unpaired) electrons. The largest absolute Gasteiger partial charge is 0.470 e. The second-order valence-electron chi connectivity index (χ2n) is 22.1. The van der Waals surface area contributed by atoms with Crippen LogP contribution in [0.15, 0.2) is 106 Å². The second kappa shape index (κ2) is 19.2. The third kappa shape index (κ3) is 9.30. The van der Waals surface area contributed by atoms with E-state index in [-0.39, 0.29) is 62.4 Å². The Hall–Kier alpha value is -4.56. The van der Waals surface area contributed by atoms with E-state index in [2.05, 4.69) is 105 Å². The van der Waals surface area contributed by atoms with E-state index in [0.717, 1.165) is 16.7 Å². The summed E-state index contributed by atoms with van der Waals surface area (Å²) in [7, 11) is 2.85. The summed E-state index contributed by atoms with van der Waals surface area (Å²) in [6.07, 6.45) is 9.36. The fourth-order valence-electron chi connectivity index (χ4n) is 9.30. The lowest BCUT2D eigenvalue weighted by atomic mass is 9.65. The minimum absolute atomic E-state index is 0.0663. The molecule has 2 aromatic carbocycles. The second-order valence-corrected chi connectivity index (χ2v) is 32.6. The van der Waals surface area contributed by atoms with Crippen molar-refractivity contribution in [3.63, 3.8) is 0 Å². The van der Waals surface area contributed by atoms with Crippen molar-refractivity contribution in [2.45, 2.75) is 126 Å². The summed E-state index contributed by atoms with van der Waals surface area (Å²) in [6, 6.07) is 18.8. The number of hydrogen-bond donors (Lipinski definition) is 0. The van der Waals surface area contributed by atoms with Crippen molar-refractivity contribution < 1.29 is 41.8 Å². The Bertz CT molecular complexity index is 2640. The first-order valence-electron chi connectivity index (χ1n) is 23.6. The van der Waals surface area contributed by atoms with Crippen molar-refractivity contribution in [3.05, 3.63) is 130 Å². The number of aromatic nitrogens is 2. The Kier molecular flexibility index (Phi) is 14.6. The van der Waals surface area contributed by atoms with Crippen LogP contribution in [-0.4, -0.2) is 98.3 Å². The average Bonchev–Trinajstić information content (AvgIpc) is 3.89. The van der Waals surface area contributed by atoms with Crippen LogP contribution in [0.4, 0.5) is 0 Å². The molecule has 16 heteroatoms. The van der Waals surface area contributed by atoms with Crippen molar-refractivity contribution in [3.8, 4) is 11.8 Å². The SMILES string of the molecule is CC1=CC=C[C@H]2[C@H](N(C)C)c3onc(OCc4ccccc4)c3C(=O)[C@@]12O[Si](C)(C)C(C)(C)C.CN(C)[C@@H]1c2onc(OCc3ccccc3)c2C(=O)[C@@]2(O[Si](C)(C)C(C)(C)C)C(=O)C=C[C@@H](Br)[C@@H]12. The predicted octanol–water partition coefficient (Wildman–Crippen LogP) is 11.3. The van der Waals surface area contributed by atoms with Crippen molar-refractivity contribution >= 4 is 49.9 Å². The first kappa shape index (κ1) is 52.3. The lowest BCUT2D eigenvalue weighted by molar-refractivity contribution is -0.134. The number of alkyl halides is 1. The number of ketones is 3. The van der Waals surface area contributed by atoms with E-state index in [0.29, 0.717) is 23.7 Å².